The quantitative estimate of drug-likeness (QED) is 0.806. The predicted octanol–water partition coefficient (Wildman–Crippen LogP) is 2.06. The summed E-state index contributed by atoms with van der Waals surface area (Å²) in [6.07, 6.45) is 0. The molecule has 0 fully saturated rings. The molecule has 0 aliphatic heterocycles. The highest BCUT2D eigenvalue weighted by Crippen LogP contribution is 2.26. The SMILES string of the molecule is CC(=O)c1ccc(Sc2n[nH]c(C)n2)o1. The fourth-order valence-electron chi connectivity index (χ4n) is 1.02. The van der Waals surface area contributed by atoms with Gasteiger partial charge in [0.2, 0.25) is 5.16 Å². The van der Waals surface area contributed by atoms with Crippen molar-refractivity contribution in [3.8, 4) is 0 Å². The van der Waals surface area contributed by atoms with Crippen LogP contribution < -0.4 is 0 Å². The first-order chi connectivity index (χ1) is 7.15. The fraction of sp³-hybridized carbons (Fsp3) is 0.222. The van der Waals surface area contributed by atoms with Crippen LogP contribution in [0.3, 0.4) is 0 Å². The third-order valence-electron chi connectivity index (χ3n) is 1.70. The molecule has 6 heteroatoms. The number of H-pyrrole nitrogens is 1. The van der Waals surface area contributed by atoms with Crippen molar-refractivity contribution in [3.05, 3.63) is 23.7 Å². The molecular formula is C9H9N3O2S. The molecule has 0 atom stereocenters. The molecule has 1 N–H and O–H groups in total. The van der Waals surface area contributed by atoms with Crippen molar-refractivity contribution in [1.82, 2.24) is 15.2 Å². The second-order valence-electron chi connectivity index (χ2n) is 2.98. The van der Waals surface area contributed by atoms with Crippen LogP contribution in [0.25, 0.3) is 0 Å². The van der Waals surface area contributed by atoms with Crippen molar-refractivity contribution in [2.24, 2.45) is 0 Å². The van der Waals surface area contributed by atoms with Crippen LogP contribution in [-0.2, 0) is 0 Å². The average Bonchev–Trinajstić information content (AvgIpc) is 2.76. The van der Waals surface area contributed by atoms with Crippen molar-refractivity contribution in [3.63, 3.8) is 0 Å². The number of hydrogen-bond donors (Lipinski definition) is 1. The van der Waals surface area contributed by atoms with Gasteiger partial charge < -0.3 is 4.42 Å². The third kappa shape index (κ3) is 2.27. The molecule has 2 rings (SSSR count). The van der Waals surface area contributed by atoms with Gasteiger partial charge in [0.1, 0.15) is 5.82 Å². The largest absolute Gasteiger partial charge is 0.446 e. The predicted molar refractivity (Wildman–Crippen MR) is 54.0 cm³/mol. The molecule has 2 heterocycles. The lowest BCUT2D eigenvalue weighted by Crippen LogP contribution is -1.85. The Hall–Kier alpha value is -1.56. The van der Waals surface area contributed by atoms with Gasteiger partial charge in [0.05, 0.1) is 0 Å². The highest BCUT2D eigenvalue weighted by atomic mass is 32.2. The van der Waals surface area contributed by atoms with Gasteiger partial charge in [-0.3, -0.25) is 9.89 Å². The van der Waals surface area contributed by atoms with Crippen LogP contribution in [-0.4, -0.2) is 21.0 Å². The molecule has 78 valence electrons. The van der Waals surface area contributed by atoms with E-state index in [1.165, 1.54) is 18.7 Å². The molecule has 0 saturated heterocycles. The van der Waals surface area contributed by atoms with E-state index in [1.807, 2.05) is 6.92 Å². The number of aromatic amines is 1. The molecule has 0 saturated carbocycles. The van der Waals surface area contributed by atoms with E-state index >= 15 is 0 Å². The molecule has 0 aliphatic rings. The number of rotatable bonds is 3. The van der Waals surface area contributed by atoms with Crippen LogP contribution >= 0.6 is 11.8 Å². The summed E-state index contributed by atoms with van der Waals surface area (Å²) in [7, 11) is 0. The van der Waals surface area contributed by atoms with E-state index < -0.39 is 0 Å². The number of furan rings is 1. The smallest absolute Gasteiger partial charge is 0.216 e. The van der Waals surface area contributed by atoms with Gasteiger partial charge in [0.15, 0.2) is 16.6 Å². The number of hydrogen-bond acceptors (Lipinski definition) is 5. The molecule has 0 aromatic carbocycles. The Balaban J connectivity index is 2.14. The van der Waals surface area contributed by atoms with Gasteiger partial charge in [-0.15, -0.1) is 5.10 Å². The molecule has 2 aromatic rings. The van der Waals surface area contributed by atoms with E-state index in [4.69, 9.17) is 4.42 Å². The number of carbonyl (C=O) groups excluding carboxylic acids is 1. The Morgan fingerprint density at radius 3 is 2.87 bits per heavy atom. The summed E-state index contributed by atoms with van der Waals surface area (Å²) in [6.45, 7) is 3.28. The molecule has 2 aromatic heterocycles. The third-order valence-corrected chi connectivity index (χ3v) is 2.48. The topological polar surface area (TPSA) is 71.8 Å². The second-order valence-corrected chi connectivity index (χ2v) is 3.95. The first-order valence-electron chi connectivity index (χ1n) is 4.33. The zero-order valence-corrected chi connectivity index (χ0v) is 9.09. The van der Waals surface area contributed by atoms with Crippen molar-refractivity contribution in [1.29, 1.82) is 0 Å². The maximum absolute atomic E-state index is 11.0. The van der Waals surface area contributed by atoms with Crippen molar-refractivity contribution >= 4 is 17.5 Å². The Kier molecular flexibility index (Phi) is 2.59. The zero-order valence-electron chi connectivity index (χ0n) is 8.27. The van der Waals surface area contributed by atoms with E-state index in [-0.39, 0.29) is 5.78 Å². The minimum atomic E-state index is -0.0898. The Bertz CT molecular complexity index is 489. The lowest BCUT2D eigenvalue weighted by atomic mass is 10.3. The lowest BCUT2D eigenvalue weighted by molar-refractivity contribution is 0.0982. The van der Waals surface area contributed by atoms with Crippen LogP contribution in [0.1, 0.15) is 23.3 Å². The summed E-state index contributed by atoms with van der Waals surface area (Å²) in [5, 5.41) is 7.87. The highest BCUT2D eigenvalue weighted by molar-refractivity contribution is 7.99. The minimum Gasteiger partial charge on any atom is -0.446 e. The van der Waals surface area contributed by atoms with Gasteiger partial charge in [-0.05, 0) is 30.8 Å². The fourth-order valence-corrected chi connectivity index (χ4v) is 1.74. The number of nitrogens with one attached hydrogen (secondary N) is 1. The normalized spacial score (nSPS) is 10.5. The highest BCUT2D eigenvalue weighted by Gasteiger charge is 2.09. The summed E-state index contributed by atoms with van der Waals surface area (Å²) in [4.78, 5) is 15.1. The zero-order chi connectivity index (χ0) is 10.8. The van der Waals surface area contributed by atoms with E-state index in [0.717, 1.165) is 5.82 Å². The number of Topliss-reactive ketones (excluding diaryl/α,β-unsaturated/α-hetero) is 1. The van der Waals surface area contributed by atoms with Crippen LogP contribution in [0.4, 0.5) is 0 Å². The molecule has 0 amide bonds. The number of carbonyl (C=O) groups is 1. The number of nitrogens with zero attached hydrogens (tertiary/aromatic N) is 2. The van der Waals surface area contributed by atoms with Crippen LogP contribution in [0, 0.1) is 6.92 Å². The van der Waals surface area contributed by atoms with Crippen molar-refractivity contribution in [2.45, 2.75) is 24.1 Å². The summed E-state index contributed by atoms with van der Waals surface area (Å²) < 4.78 is 5.28. The molecule has 0 radical (unpaired) electrons. The van der Waals surface area contributed by atoms with E-state index in [0.29, 0.717) is 16.0 Å². The van der Waals surface area contributed by atoms with Crippen LogP contribution in [0.5, 0.6) is 0 Å². The molecule has 15 heavy (non-hydrogen) atoms. The van der Waals surface area contributed by atoms with E-state index in [2.05, 4.69) is 15.2 Å². The minimum absolute atomic E-state index is 0.0898. The van der Waals surface area contributed by atoms with E-state index in [1.54, 1.807) is 12.1 Å². The van der Waals surface area contributed by atoms with Gasteiger partial charge in [0, 0.05) is 6.92 Å². The monoisotopic (exact) mass is 223 g/mol. The van der Waals surface area contributed by atoms with E-state index in [9.17, 15) is 4.79 Å². The number of aromatic nitrogens is 3. The Morgan fingerprint density at radius 2 is 2.33 bits per heavy atom. The average molecular weight is 223 g/mol. The Labute approximate surface area is 90.3 Å². The second kappa shape index (κ2) is 3.90. The van der Waals surface area contributed by atoms with Gasteiger partial charge in [-0.2, -0.15) is 0 Å². The Morgan fingerprint density at radius 1 is 1.53 bits per heavy atom. The van der Waals surface area contributed by atoms with Crippen molar-refractivity contribution in [2.75, 3.05) is 0 Å². The molecule has 5 nitrogen and oxygen atoms in total. The number of aryl methyl sites for hydroxylation is 1. The molecule has 0 bridgehead atoms. The van der Waals surface area contributed by atoms with Gasteiger partial charge >= 0.3 is 0 Å². The summed E-state index contributed by atoms with van der Waals surface area (Å²) >= 11 is 1.27. The standard InChI is InChI=1S/C9H9N3O2S/c1-5(13)7-3-4-8(14-7)15-9-10-6(2)11-12-9/h3-4H,1-2H3,(H,10,11,12). The molecule has 0 spiro atoms. The lowest BCUT2D eigenvalue weighted by Gasteiger charge is -1.89. The van der Waals surface area contributed by atoms with Gasteiger partial charge in [-0.1, -0.05) is 0 Å². The first kappa shape index (κ1) is 9.97. The summed E-state index contributed by atoms with van der Waals surface area (Å²) in [5.74, 6) is 1.01. The summed E-state index contributed by atoms with van der Waals surface area (Å²) in [6, 6.07) is 3.37. The maximum atomic E-state index is 11.0. The van der Waals surface area contributed by atoms with Gasteiger partial charge in [-0.25, -0.2) is 4.98 Å². The van der Waals surface area contributed by atoms with Crippen molar-refractivity contribution < 1.29 is 9.21 Å². The van der Waals surface area contributed by atoms with Gasteiger partial charge in [0.25, 0.3) is 0 Å². The maximum Gasteiger partial charge on any atom is 0.216 e. The number of ketones is 1. The first-order valence-corrected chi connectivity index (χ1v) is 5.14. The molecule has 0 aliphatic carbocycles. The molecule has 0 unspecified atom stereocenters. The molecular weight excluding hydrogens is 214 g/mol. The van der Waals surface area contributed by atoms with Crippen LogP contribution in [0.15, 0.2) is 26.8 Å². The van der Waals surface area contributed by atoms with Crippen LogP contribution in [0.2, 0.25) is 0 Å². The summed E-state index contributed by atoms with van der Waals surface area (Å²) in [5.41, 5.74) is 0.